The van der Waals surface area contributed by atoms with E-state index in [-0.39, 0.29) is 5.91 Å². The second-order valence-electron chi connectivity index (χ2n) is 5.09. The monoisotopic (exact) mass is 348 g/mol. The van der Waals surface area contributed by atoms with Crippen molar-refractivity contribution in [2.45, 2.75) is 25.8 Å². The zero-order valence-electron chi connectivity index (χ0n) is 11.8. The number of nitrogens with one attached hydrogen (secondary N) is 1. The molecule has 1 aromatic carbocycles. The fraction of sp³-hybridized carbons (Fsp3) is 0.312. The first-order valence-corrected chi connectivity index (χ1v) is 7.88. The number of nitrogens with zero attached hydrogens (tertiary/aromatic N) is 1. The van der Waals surface area contributed by atoms with Gasteiger partial charge >= 0.3 is 0 Å². The number of hydrogen-bond acceptors (Lipinski definition) is 2. The number of hydrogen-bond donors (Lipinski definition) is 1. The number of carbonyl (C=O) groups is 1. The minimum Gasteiger partial charge on any atom is -0.494 e. The highest BCUT2D eigenvalue weighted by Crippen LogP contribution is 2.37. The van der Waals surface area contributed by atoms with Gasteiger partial charge in [0.05, 0.1) is 6.61 Å². The number of benzene rings is 1. The van der Waals surface area contributed by atoms with Gasteiger partial charge in [0, 0.05) is 22.4 Å². The molecule has 1 amide bonds. The molecule has 0 aliphatic heterocycles. The van der Waals surface area contributed by atoms with Crippen molar-refractivity contribution >= 4 is 27.5 Å². The summed E-state index contributed by atoms with van der Waals surface area (Å²) >= 11 is 3.44. The second kappa shape index (κ2) is 5.93. The number of aromatic nitrogens is 1. The topological polar surface area (TPSA) is 43.3 Å². The third kappa shape index (κ3) is 3.29. The van der Waals surface area contributed by atoms with Gasteiger partial charge in [0.2, 0.25) is 0 Å². The zero-order valence-corrected chi connectivity index (χ0v) is 13.4. The first kappa shape index (κ1) is 14.2. The van der Waals surface area contributed by atoms with Crippen LogP contribution < -0.4 is 10.1 Å². The molecule has 4 nitrogen and oxygen atoms in total. The van der Waals surface area contributed by atoms with E-state index in [0.29, 0.717) is 18.3 Å². The normalized spacial score (nSPS) is 14.0. The molecular weight excluding hydrogens is 332 g/mol. The third-order valence-corrected chi connectivity index (χ3v) is 3.84. The molecule has 1 saturated carbocycles. The van der Waals surface area contributed by atoms with Gasteiger partial charge in [-0.2, -0.15) is 0 Å². The summed E-state index contributed by atoms with van der Waals surface area (Å²) < 4.78 is 8.38. The number of anilines is 1. The van der Waals surface area contributed by atoms with Crippen LogP contribution in [0.5, 0.6) is 5.75 Å². The molecule has 5 heteroatoms. The largest absolute Gasteiger partial charge is 0.494 e. The summed E-state index contributed by atoms with van der Waals surface area (Å²) in [4.78, 5) is 12.4. The number of ether oxygens (including phenoxy) is 1. The Hall–Kier alpha value is -1.75. The maximum Gasteiger partial charge on any atom is 0.272 e. The van der Waals surface area contributed by atoms with Gasteiger partial charge in [0.15, 0.2) is 0 Å². The van der Waals surface area contributed by atoms with E-state index in [2.05, 4.69) is 21.2 Å². The molecule has 2 aromatic rings. The Morgan fingerprint density at radius 2 is 2.10 bits per heavy atom. The van der Waals surface area contributed by atoms with Crippen molar-refractivity contribution in [1.29, 1.82) is 0 Å². The predicted molar refractivity (Wildman–Crippen MR) is 86.0 cm³/mol. The standard InChI is InChI=1S/C16H17BrN2O2/c1-2-21-14-7-3-12(4-8-14)18-16(20)15-9-11(17)10-19(15)13-5-6-13/h3-4,7-10,13H,2,5-6H2,1H3,(H,18,20). The molecule has 1 aliphatic rings. The Bertz CT molecular complexity index is 645. The Morgan fingerprint density at radius 3 is 2.71 bits per heavy atom. The van der Waals surface area contributed by atoms with Crippen LogP contribution in [0.25, 0.3) is 0 Å². The quantitative estimate of drug-likeness (QED) is 0.878. The molecular formula is C16H17BrN2O2. The minimum atomic E-state index is -0.0863. The van der Waals surface area contributed by atoms with Gasteiger partial charge in [0.25, 0.3) is 5.91 Å². The van der Waals surface area contributed by atoms with Crippen molar-refractivity contribution < 1.29 is 9.53 Å². The summed E-state index contributed by atoms with van der Waals surface area (Å²) in [5.74, 6) is 0.719. The Labute approximate surface area is 132 Å². The molecule has 0 radical (unpaired) electrons. The Morgan fingerprint density at radius 1 is 1.38 bits per heavy atom. The summed E-state index contributed by atoms with van der Waals surface area (Å²) in [6.07, 6.45) is 4.26. The van der Waals surface area contributed by atoms with E-state index in [0.717, 1.165) is 28.8 Å². The molecule has 0 unspecified atom stereocenters. The maximum atomic E-state index is 12.4. The molecule has 0 saturated heterocycles. The maximum absolute atomic E-state index is 12.4. The lowest BCUT2D eigenvalue weighted by Crippen LogP contribution is -2.16. The highest BCUT2D eigenvalue weighted by molar-refractivity contribution is 9.10. The predicted octanol–water partition coefficient (Wildman–Crippen LogP) is 4.24. The molecule has 0 atom stereocenters. The van der Waals surface area contributed by atoms with Crippen LogP contribution in [0.15, 0.2) is 41.0 Å². The summed E-state index contributed by atoms with van der Waals surface area (Å²) in [7, 11) is 0. The molecule has 0 spiro atoms. The van der Waals surface area contributed by atoms with Gasteiger partial charge in [-0.1, -0.05) is 0 Å². The van der Waals surface area contributed by atoms with Gasteiger partial charge in [-0.05, 0) is 66.0 Å². The molecule has 1 aliphatic carbocycles. The summed E-state index contributed by atoms with van der Waals surface area (Å²) in [5, 5.41) is 2.93. The van der Waals surface area contributed by atoms with Crippen molar-refractivity contribution in [3.05, 3.63) is 46.7 Å². The van der Waals surface area contributed by atoms with Gasteiger partial charge in [-0.25, -0.2) is 0 Å². The van der Waals surface area contributed by atoms with Gasteiger partial charge in [0.1, 0.15) is 11.4 Å². The van der Waals surface area contributed by atoms with Crippen molar-refractivity contribution in [2.24, 2.45) is 0 Å². The first-order valence-electron chi connectivity index (χ1n) is 7.09. The Kier molecular flexibility index (Phi) is 4.01. The first-order chi connectivity index (χ1) is 10.2. The number of halogens is 1. The summed E-state index contributed by atoms with van der Waals surface area (Å²) in [6.45, 7) is 2.58. The van der Waals surface area contributed by atoms with Crippen LogP contribution in [0, 0.1) is 0 Å². The molecule has 3 rings (SSSR count). The molecule has 0 bridgehead atoms. The lowest BCUT2D eigenvalue weighted by atomic mass is 10.3. The van der Waals surface area contributed by atoms with E-state index in [1.54, 1.807) is 0 Å². The average molecular weight is 349 g/mol. The van der Waals surface area contributed by atoms with Crippen LogP contribution in [-0.2, 0) is 0 Å². The molecule has 1 fully saturated rings. The summed E-state index contributed by atoms with van der Waals surface area (Å²) in [5.41, 5.74) is 1.46. The highest BCUT2D eigenvalue weighted by atomic mass is 79.9. The van der Waals surface area contributed by atoms with E-state index in [9.17, 15) is 4.79 Å². The van der Waals surface area contributed by atoms with Gasteiger partial charge in [-0.3, -0.25) is 4.79 Å². The van der Waals surface area contributed by atoms with E-state index in [1.165, 1.54) is 0 Å². The molecule has 21 heavy (non-hydrogen) atoms. The smallest absolute Gasteiger partial charge is 0.272 e. The number of carbonyl (C=O) groups excluding carboxylic acids is 1. The van der Waals surface area contributed by atoms with Crippen molar-refractivity contribution in [2.75, 3.05) is 11.9 Å². The van der Waals surface area contributed by atoms with Crippen molar-refractivity contribution in [3.8, 4) is 5.75 Å². The van der Waals surface area contributed by atoms with Crippen LogP contribution in [0.4, 0.5) is 5.69 Å². The fourth-order valence-electron chi connectivity index (χ4n) is 2.28. The third-order valence-electron chi connectivity index (χ3n) is 3.41. The van der Waals surface area contributed by atoms with Crippen LogP contribution in [-0.4, -0.2) is 17.1 Å². The fourth-order valence-corrected chi connectivity index (χ4v) is 2.72. The lowest BCUT2D eigenvalue weighted by Gasteiger charge is -2.09. The zero-order chi connectivity index (χ0) is 14.8. The molecule has 1 aromatic heterocycles. The van der Waals surface area contributed by atoms with Crippen LogP contribution in [0.1, 0.15) is 36.3 Å². The van der Waals surface area contributed by atoms with Gasteiger partial charge < -0.3 is 14.6 Å². The molecule has 110 valence electrons. The Balaban J connectivity index is 1.73. The van der Waals surface area contributed by atoms with Crippen molar-refractivity contribution in [1.82, 2.24) is 4.57 Å². The SMILES string of the molecule is CCOc1ccc(NC(=O)c2cc(Br)cn2C2CC2)cc1. The van der Waals surface area contributed by atoms with Crippen LogP contribution >= 0.6 is 15.9 Å². The molecule has 1 heterocycles. The van der Waals surface area contributed by atoms with Gasteiger partial charge in [-0.15, -0.1) is 0 Å². The lowest BCUT2D eigenvalue weighted by molar-refractivity contribution is 0.101. The van der Waals surface area contributed by atoms with Crippen molar-refractivity contribution in [3.63, 3.8) is 0 Å². The highest BCUT2D eigenvalue weighted by Gasteiger charge is 2.27. The van der Waals surface area contributed by atoms with E-state index in [4.69, 9.17) is 4.74 Å². The number of rotatable bonds is 5. The van der Waals surface area contributed by atoms with Crippen LogP contribution in [0.2, 0.25) is 0 Å². The average Bonchev–Trinajstić information content (AvgIpc) is 3.24. The number of amides is 1. The van der Waals surface area contributed by atoms with E-state index in [1.807, 2.05) is 48.0 Å². The summed E-state index contributed by atoms with van der Waals surface area (Å²) in [6, 6.07) is 9.74. The molecule has 1 N–H and O–H groups in total. The van der Waals surface area contributed by atoms with E-state index < -0.39 is 0 Å². The second-order valence-corrected chi connectivity index (χ2v) is 6.01. The van der Waals surface area contributed by atoms with Crippen LogP contribution in [0.3, 0.4) is 0 Å². The minimum absolute atomic E-state index is 0.0863. The van der Waals surface area contributed by atoms with E-state index >= 15 is 0 Å².